The van der Waals surface area contributed by atoms with Crippen LogP contribution in [0.25, 0.3) is 0 Å². The highest BCUT2D eigenvalue weighted by atomic mass is 19.1. The first-order valence-electron chi connectivity index (χ1n) is 7.17. The third-order valence-corrected chi connectivity index (χ3v) is 3.19. The summed E-state index contributed by atoms with van der Waals surface area (Å²) in [4.78, 5) is 8.84. The van der Waals surface area contributed by atoms with Crippen molar-refractivity contribution in [1.82, 2.24) is 9.97 Å². The first-order chi connectivity index (χ1) is 10.1. The first kappa shape index (κ1) is 15.2. The van der Waals surface area contributed by atoms with Crippen molar-refractivity contribution in [2.45, 2.75) is 32.7 Å². The third kappa shape index (κ3) is 4.41. The predicted molar refractivity (Wildman–Crippen MR) is 84.1 cm³/mol. The Hall–Kier alpha value is -2.17. The van der Waals surface area contributed by atoms with E-state index in [1.54, 1.807) is 0 Å². The smallest absolute Gasteiger partial charge is 0.132 e. The van der Waals surface area contributed by atoms with Crippen LogP contribution in [-0.2, 0) is 12.8 Å². The highest BCUT2D eigenvalue weighted by molar-refractivity contribution is 5.47. The van der Waals surface area contributed by atoms with Crippen molar-refractivity contribution in [2.24, 2.45) is 0 Å². The molecule has 0 aliphatic carbocycles. The molecule has 2 N–H and O–H groups in total. The number of hydrogen-bond acceptors (Lipinski definition) is 4. The maximum absolute atomic E-state index is 12.9. The minimum absolute atomic E-state index is 0.194. The van der Waals surface area contributed by atoms with Gasteiger partial charge in [-0.05, 0) is 31.0 Å². The van der Waals surface area contributed by atoms with E-state index in [1.165, 1.54) is 12.1 Å². The number of hydrogen-bond donors (Lipinski definition) is 2. The van der Waals surface area contributed by atoms with Crippen molar-refractivity contribution >= 4 is 11.6 Å². The average molecular weight is 288 g/mol. The molecule has 1 aromatic carbocycles. The van der Waals surface area contributed by atoms with Gasteiger partial charge in [0.15, 0.2) is 0 Å². The third-order valence-electron chi connectivity index (χ3n) is 3.19. The zero-order valence-electron chi connectivity index (χ0n) is 12.7. The molecular weight excluding hydrogens is 267 g/mol. The molecule has 0 bridgehead atoms. The van der Waals surface area contributed by atoms with Crippen LogP contribution in [0.4, 0.5) is 16.0 Å². The Morgan fingerprint density at radius 1 is 1.14 bits per heavy atom. The van der Waals surface area contributed by atoms with Gasteiger partial charge in [-0.1, -0.05) is 19.1 Å². The number of aromatic nitrogens is 2. The number of benzene rings is 1. The molecule has 112 valence electrons. The molecule has 1 unspecified atom stereocenters. The summed E-state index contributed by atoms with van der Waals surface area (Å²) in [7, 11) is 1.84. The van der Waals surface area contributed by atoms with E-state index in [0.717, 1.165) is 35.9 Å². The Morgan fingerprint density at radius 2 is 1.81 bits per heavy atom. The van der Waals surface area contributed by atoms with E-state index in [2.05, 4.69) is 27.5 Å². The molecule has 0 saturated carbocycles. The van der Waals surface area contributed by atoms with Crippen LogP contribution in [-0.4, -0.2) is 23.1 Å². The summed E-state index contributed by atoms with van der Waals surface area (Å²) >= 11 is 0. The molecule has 1 atom stereocenters. The molecule has 2 aromatic rings. The van der Waals surface area contributed by atoms with Gasteiger partial charge in [-0.3, -0.25) is 0 Å². The van der Waals surface area contributed by atoms with E-state index < -0.39 is 0 Å². The summed E-state index contributed by atoms with van der Waals surface area (Å²) < 4.78 is 12.9. The summed E-state index contributed by atoms with van der Waals surface area (Å²) in [5.74, 6) is 2.21. The van der Waals surface area contributed by atoms with Crippen LogP contribution < -0.4 is 10.6 Å². The van der Waals surface area contributed by atoms with Crippen LogP contribution in [0, 0.1) is 5.82 Å². The van der Waals surface area contributed by atoms with Gasteiger partial charge in [0.25, 0.3) is 0 Å². The van der Waals surface area contributed by atoms with Crippen LogP contribution in [0.2, 0.25) is 0 Å². The van der Waals surface area contributed by atoms with Crippen molar-refractivity contribution in [3.05, 3.63) is 47.5 Å². The van der Waals surface area contributed by atoms with E-state index in [0.29, 0.717) is 0 Å². The van der Waals surface area contributed by atoms with Gasteiger partial charge in [0.1, 0.15) is 23.3 Å². The van der Waals surface area contributed by atoms with Crippen molar-refractivity contribution in [3.63, 3.8) is 0 Å². The Balaban J connectivity index is 2.04. The minimum Gasteiger partial charge on any atom is -0.373 e. The van der Waals surface area contributed by atoms with E-state index in [9.17, 15) is 4.39 Å². The Bertz CT molecular complexity index is 561. The lowest BCUT2D eigenvalue weighted by Gasteiger charge is -2.16. The molecule has 5 heteroatoms. The summed E-state index contributed by atoms with van der Waals surface area (Å²) in [6, 6.07) is 8.68. The monoisotopic (exact) mass is 288 g/mol. The van der Waals surface area contributed by atoms with Crippen LogP contribution in [0.3, 0.4) is 0 Å². The van der Waals surface area contributed by atoms with E-state index >= 15 is 0 Å². The van der Waals surface area contributed by atoms with E-state index in [-0.39, 0.29) is 11.9 Å². The molecule has 1 heterocycles. The standard InChI is InChI=1S/C16H21FN4/c1-4-14-20-15(18-3)10-16(21-14)19-11(2)9-12-5-7-13(17)8-6-12/h5-8,10-11H,4,9H2,1-3H3,(H2,18,19,20,21). The number of rotatable bonds is 6. The number of halogens is 1. The molecule has 0 amide bonds. The number of nitrogens with zero attached hydrogens (tertiary/aromatic N) is 2. The molecular formula is C16H21FN4. The molecule has 0 aliphatic rings. The van der Waals surface area contributed by atoms with Gasteiger partial charge in [-0.2, -0.15) is 0 Å². The van der Waals surface area contributed by atoms with Crippen molar-refractivity contribution in [3.8, 4) is 0 Å². The molecule has 21 heavy (non-hydrogen) atoms. The lowest BCUT2D eigenvalue weighted by Crippen LogP contribution is -2.19. The van der Waals surface area contributed by atoms with Gasteiger partial charge in [0, 0.05) is 25.6 Å². The lowest BCUT2D eigenvalue weighted by molar-refractivity contribution is 0.626. The Kier molecular flexibility index (Phi) is 5.09. The largest absolute Gasteiger partial charge is 0.373 e. The summed E-state index contributed by atoms with van der Waals surface area (Å²) in [6.45, 7) is 4.11. The number of aryl methyl sites for hydroxylation is 1. The summed E-state index contributed by atoms with van der Waals surface area (Å²) in [6.07, 6.45) is 1.59. The van der Waals surface area contributed by atoms with Crippen LogP contribution >= 0.6 is 0 Å². The van der Waals surface area contributed by atoms with Gasteiger partial charge in [-0.25, -0.2) is 14.4 Å². The number of nitrogens with one attached hydrogen (secondary N) is 2. The normalized spacial score (nSPS) is 12.0. The maximum Gasteiger partial charge on any atom is 0.132 e. The second-order valence-corrected chi connectivity index (χ2v) is 5.03. The predicted octanol–water partition coefficient (Wildman–Crippen LogP) is 3.26. The Morgan fingerprint density at radius 3 is 2.43 bits per heavy atom. The first-order valence-corrected chi connectivity index (χ1v) is 7.17. The lowest BCUT2D eigenvalue weighted by atomic mass is 10.1. The second-order valence-electron chi connectivity index (χ2n) is 5.03. The highest BCUT2D eigenvalue weighted by Gasteiger charge is 2.07. The molecule has 0 radical (unpaired) electrons. The average Bonchev–Trinajstić information content (AvgIpc) is 2.49. The molecule has 0 fully saturated rings. The zero-order valence-corrected chi connectivity index (χ0v) is 12.7. The second kappa shape index (κ2) is 7.02. The van der Waals surface area contributed by atoms with Crippen LogP contribution in [0.15, 0.2) is 30.3 Å². The number of anilines is 2. The SMILES string of the molecule is CCc1nc(NC)cc(NC(C)Cc2ccc(F)cc2)n1. The van der Waals surface area contributed by atoms with Crippen LogP contribution in [0.5, 0.6) is 0 Å². The fraction of sp³-hybridized carbons (Fsp3) is 0.375. The molecule has 4 nitrogen and oxygen atoms in total. The van der Waals surface area contributed by atoms with Gasteiger partial charge < -0.3 is 10.6 Å². The molecule has 0 spiro atoms. The maximum atomic E-state index is 12.9. The van der Waals surface area contributed by atoms with Gasteiger partial charge in [0.2, 0.25) is 0 Å². The molecule has 2 rings (SSSR count). The molecule has 0 saturated heterocycles. The van der Waals surface area contributed by atoms with Gasteiger partial charge in [-0.15, -0.1) is 0 Å². The van der Waals surface area contributed by atoms with Crippen molar-refractivity contribution in [2.75, 3.05) is 17.7 Å². The van der Waals surface area contributed by atoms with E-state index in [4.69, 9.17) is 0 Å². The molecule has 1 aromatic heterocycles. The fourth-order valence-corrected chi connectivity index (χ4v) is 2.13. The van der Waals surface area contributed by atoms with E-state index in [1.807, 2.05) is 32.2 Å². The van der Waals surface area contributed by atoms with Gasteiger partial charge >= 0.3 is 0 Å². The van der Waals surface area contributed by atoms with Crippen molar-refractivity contribution in [1.29, 1.82) is 0 Å². The highest BCUT2D eigenvalue weighted by Crippen LogP contribution is 2.14. The van der Waals surface area contributed by atoms with Gasteiger partial charge in [0.05, 0.1) is 0 Å². The topological polar surface area (TPSA) is 49.8 Å². The molecule has 0 aliphatic heterocycles. The van der Waals surface area contributed by atoms with Crippen molar-refractivity contribution < 1.29 is 4.39 Å². The fourth-order valence-electron chi connectivity index (χ4n) is 2.13. The minimum atomic E-state index is -0.207. The Labute approximate surface area is 124 Å². The summed E-state index contributed by atoms with van der Waals surface area (Å²) in [5, 5.41) is 6.41. The quantitative estimate of drug-likeness (QED) is 0.856. The van der Waals surface area contributed by atoms with Crippen LogP contribution in [0.1, 0.15) is 25.2 Å². The zero-order chi connectivity index (χ0) is 15.2. The summed E-state index contributed by atoms with van der Waals surface area (Å²) in [5.41, 5.74) is 1.09.